The van der Waals surface area contributed by atoms with Gasteiger partial charge in [0.15, 0.2) is 0 Å². The molecule has 0 spiro atoms. The number of nitrogens with one attached hydrogen (secondary N) is 1. The summed E-state index contributed by atoms with van der Waals surface area (Å²) in [5, 5.41) is 3.05. The third kappa shape index (κ3) is 3.67. The van der Waals surface area contributed by atoms with Gasteiger partial charge in [-0.2, -0.15) is 0 Å². The van der Waals surface area contributed by atoms with E-state index >= 15 is 0 Å². The fourth-order valence-electron chi connectivity index (χ4n) is 3.91. The van der Waals surface area contributed by atoms with Crippen LogP contribution in [-0.4, -0.2) is 21.3 Å². The van der Waals surface area contributed by atoms with Gasteiger partial charge in [-0.05, 0) is 55.6 Å². The third-order valence-corrected chi connectivity index (χ3v) is 6.17. The van der Waals surface area contributed by atoms with Crippen molar-refractivity contribution < 1.29 is 4.79 Å². The first kappa shape index (κ1) is 18.6. The number of fused-ring (bicyclic) bond motifs is 1. The molecule has 1 aliphatic carbocycles. The molecule has 2 heterocycles. The second-order valence-electron chi connectivity index (χ2n) is 8.28. The average Bonchev–Trinajstić information content (AvgIpc) is 2.63. The topological polar surface area (TPSA) is 63.5 Å². The predicted octanol–water partition coefficient (Wildman–Crippen LogP) is 3.73. The Morgan fingerprint density at radius 2 is 1.96 bits per heavy atom. The summed E-state index contributed by atoms with van der Waals surface area (Å²) >= 11 is 0. The number of amides is 1. The summed E-state index contributed by atoms with van der Waals surface area (Å²) in [4.78, 5) is 29.5. The summed E-state index contributed by atoms with van der Waals surface area (Å²) < 4.78 is 1.45. The van der Waals surface area contributed by atoms with Crippen molar-refractivity contribution in [3.8, 4) is 0 Å². The lowest BCUT2D eigenvalue weighted by molar-refractivity contribution is 0.0891. The van der Waals surface area contributed by atoms with Gasteiger partial charge in [-0.15, -0.1) is 0 Å². The number of pyridine rings is 1. The van der Waals surface area contributed by atoms with Gasteiger partial charge in [-0.3, -0.25) is 14.0 Å². The van der Waals surface area contributed by atoms with Crippen molar-refractivity contribution in [3.63, 3.8) is 0 Å². The largest absolute Gasteiger partial charge is 0.349 e. The number of aryl methyl sites for hydroxylation is 1. The van der Waals surface area contributed by atoms with Crippen molar-refractivity contribution in [3.05, 3.63) is 46.0 Å². The highest BCUT2D eigenvalue weighted by molar-refractivity contribution is 5.93. The van der Waals surface area contributed by atoms with Gasteiger partial charge in [0.05, 0.1) is 0 Å². The number of aromatic nitrogens is 2. The van der Waals surface area contributed by atoms with E-state index in [0.717, 1.165) is 31.2 Å². The molecule has 1 aliphatic rings. The molecule has 5 nitrogen and oxygen atoms in total. The number of rotatable bonds is 4. The molecule has 2 aromatic heterocycles. The van der Waals surface area contributed by atoms with E-state index in [2.05, 4.69) is 31.1 Å². The molecular formula is C21H29N3O2. The Balaban J connectivity index is 1.71. The lowest BCUT2D eigenvalue weighted by atomic mass is 9.69. The molecule has 0 aliphatic heterocycles. The minimum Gasteiger partial charge on any atom is -0.349 e. The first-order valence-corrected chi connectivity index (χ1v) is 9.60. The minimum absolute atomic E-state index is 0.115. The third-order valence-electron chi connectivity index (χ3n) is 6.17. The van der Waals surface area contributed by atoms with Crippen molar-refractivity contribution in [2.24, 2.45) is 11.3 Å². The summed E-state index contributed by atoms with van der Waals surface area (Å²) in [5.41, 5.74) is 1.67. The predicted molar refractivity (Wildman–Crippen MR) is 103 cm³/mol. The number of hydrogen-bond acceptors (Lipinski definition) is 3. The van der Waals surface area contributed by atoms with Crippen molar-refractivity contribution in [1.82, 2.24) is 14.7 Å². The van der Waals surface area contributed by atoms with Gasteiger partial charge in [0.25, 0.3) is 11.5 Å². The normalized spacial score (nSPS) is 20.9. The van der Waals surface area contributed by atoms with Crippen molar-refractivity contribution >= 4 is 11.6 Å². The van der Waals surface area contributed by atoms with Gasteiger partial charge in [-0.25, -0.2) is 4.98 Å². The van der Waals surface area contributed by atoms with E-state index in [-0.39, 0.29) is 23.1 Å². The number of hydrogen-bond donors (Lipinski definition) is 1. The summed E-state index contributed by atoms with van der Waals surface area (Å²) in [6, 6.07) is 3.83. The van der Waals surface area contributed by atoms with Crippen LogP contribution in [-0.2, 0) is 0 Å². The van der Waals surface area contributed by atoms with E-state index in [4.69, 9.17) is 0 Å². The Morgan fingerprint density at radius 1 is 1.27 bits per heavy atom. The molecule has 0 saturated heterocycles. The van der Waals surface area contributed by atoms with Gasteiger partial charge >= 0.3 is 0 Å². The van der Waals surface area contributed by atoms with Crippen molar-refractivity contribution in [2.75, 3.05) is 0 Å². The molecule has 3 rings (SSSR count). The molecule has 1 amide bonds. The van der Waals surface area contributed by atoms with Crippen LogP contribution in [0, 0.1) is 18.3 Å². The molecule has 5 heteroatoms. The molecule has 2 aromatic rings. The highest BCUT2D eigenvalue weighted by Gasteiger charge is 2.32. The first-order chi connectivity index (χ1) is 12.3. The summed E-state index contributed by atoms with van der Waals surface area (Å²) in [7, 11) is 0. The maximum Gasteiger partial charge on any atom is 0.270 e. The highest BCUT2D eigenvalue weighted by Crippen LogP contribution is 2.40. The average molecular weight is 355 g/mol. The maximum atomic E-state index is 12.6. The van der Waals surface area contributed by atoms with E-state index in [1.165, 1.54) is 17.0 Å². The van der Waals surface area contributed by atoms with Gasteiger partial charge in [0, 0.05) is 18.4 Å². The van der Waals surface area contributed by atoms with Crippen LogP contribution in [0.4, 0.5) is 0 Å². The molecule has 1 saturated carbocycles. The molecule has 26 heavy (non-hydrogen) atoms. The van der Waals surface area contributed by atoms with Crippen LogP contribution in [0.2, 0.25) is 0 Å². The standard InChI is InChI=1S/C21H29N3O2/c1-5-21(3,4)15-7-9-16(10-8-15)23-19(25)17-12-22-18-11-6-14(2)13-24(18)20(17)26/h6,11-13,15-16H,5,7-10H2,1-4H3,(H,23,25). The molecule has 0 atom stereocenters. The SMILES string of the molecule is CCC(C)(C)C1CCC(NC(=O)c2cnc3ccc(C)cn3c2=O)CC1. The van der Waals surface area contributed by atoms with E-state index in [1.54, 1.807) is 12.3 Å². The van der Waals surface area contributed by atoms with Crippen LogP contribution in [0.25, 0.3) is 5.65 Å². The fourth-order valence-corrected chi connectivity index (χ4v) is 3.91. The molecule has 0 radical (unpaired) electrons. The van der Waals surface area contributed by atoms with Crippen LogP contribution in [0.3, 0.4) is 0 Å². The van der Waals surface area contributed by atoms with Crippen LogP contribution in [0.5, 0.6) is 0 Å². The van der Waals surface area contributed by atoms with Gasteiger partial charge < -0.3 is 5.32 Å². The lowest BCUT2D eigenvalue weighted by Gasteiger charge is -2.39. The smallest absolute Gasteiger partial charge is 0.270 e. The van der Waals surface area contributed by atoms with Crippen molar-refractivity contribution in [1.29, 1.82) is 0 Å². The Labute approximate surface area is 154 Å². The van der Waals surface area contributed by atoms with Crippen LogP contribution in [0.15, 0.2) is 29.3 Å². The second kappa shape index (κ2) is 7.22. The monoisotopic (exact) mass is 355 g/mol. The van der Waals surface area contributed by atoms with Gasteiger partial charge in [0.2, 0.25) is 0 Å². The maximum absolute atomic E-state index is 12.6. The van der Waals surface area contributed by atoms with Crippen molar-refractivity contribution in [2.45, 2.75) is 65.8 Å². The van der Waals surface area contributed by atoms with Crippen LogP contribution in [0.1, 0.15) is 68.8 Å². The van der Waals surface area contributed by atoms with E-state index < -0.39 is 0 Å². The summed E-state index contributed by atoms with van der Waals surface area (Å²) in [5.74, 6) is 0.396. The highest BCUT2D eigenvalue weighted by atomic mass is 16.2. The molecule has 0 unspecified atom stereocenters. The molecule has 0 aromatic carbocycles. The second-order valence-corrected chi connectivity index (χ2v) is 8.28. The van der Waals surface area contributed by atoms with E-state index in [9.17, 15) is 9.59 Å². The molecule has 1 fully saturated rings. The Morgan fingerprint density at radius 3 is 2.62 bits per heavy atom. The van der Waals surface area contributed by atoms with Gasteiger partial charge in [-0.1, -0.05) is 33.3 Å². The Kier molecular flexibility index (Phi) is 5.17. The summed E-state index contributed by atoms with van der Waals surface area (Å²) in [6.45, 7) is 8.82. The van der Waals surface area contributed by atoms with Crippen LogP contribution >= 0.6 is 0 Å². The zero-order valence-corrected chi connectivity index (χ0v) is 16.2. The fraction of sp³-hybridized carbons (Fsp3) is 0.571. The molecule has 140 valence electrons. The zero-order chi connectivity index (χ0) is 18.9. The number of carbonyl (C=O) groups is 1. The Hall–Kier alpha value is -2.17. The van der Waals surface area contributed by atoms with Gasteiger partial charge in [0.1, 0.15) is 11.2 Å². The number of nitrogens with zero attached hydrogens (tertiary/aromatic N) is 2. The summed E-state index contributed by atoms with van der Waals surface area (Å²) in [6.07, 6.45) is 8.49. The van der Waals surface area contributed by atoms with E-state index in [1.807, 2.05) is 13.0 Å². The molecule has 1 N–H and O–H groups in total. The first-order valence-electron chi connectivity index (χ1n) is 9.60. The quantitative estimate of drug-likeness (QED) is 0.909. The zero-order valence-electron chi connectivity index (χ0n) is 16.2. The van der Waals surface area contributed by atoms with E-state index in [0.29, 0.717) is 17.0 Å². The molecular weight excluding hydrogens is 326 g/mol. The lowest BCUT2D eigenvalue weighted by Crippen LogP contribution is -2.41. The minimum atomic E-state index is -0.309. The number of carbonyl (C=O) groups excluding carboxylic acids is 1. The van der Waals surface area contributed by atoms with Crippen LogP contribution < -0.4 is 10.9 Å². The Bertz CT molecular complexity index is 861. The molecule has 0 bridgehead atoms.